The van der Waals surface area contributed by atoms with Crippen LogP contribution in [0.2, 0.25) is 0 Å². The predicted octanol–water partition coefficient (Wildman–Crippen LogP) is 0.746. The number of likely N-dealkylation sites (tertiary alicyclic amines) is 1. The third-order valence-corrected chi connectivity index (χ3v) is 4.17. The SMILES string of the molecule is CC1(C)O[C@H]2CN(Cc3ccccc3)C[C@](O)(CO)[C@@H]2O1. The van der Waals surface area contributed by atoms with Gasteiger partial charge in [-0.25, -0.2) is 0 Å². The Morgan fingerprint density at radius 2 is 1.95 bits per heavy atom. The molecule has 5 nitrogen and oxygen atoms in total. The average Bonchev–Trinajstić information content (AvgIpc) is 2.75. The summed E-state index contributed by atoms with van der Waals surface area (Å²) in [6.07, 6.45) is -0.709. The first-order valence-corrected chi connectivity index (χ1v) is 7.37. The van der Waals surface area contributed by atoms with E-state index < -0.39 is 17.5 Å². The molecule has 3 atom stereocenters. The van der Waals surface area contributed by atoms with E-state index in [0.29, 0.717) is 13.1 Å². The molecule has 0 saturated carbocycles. The Morgan fingerprint density at radius 3 is 2.62 bits per heavy atom. The summed E-state index contributed by atoms with van der Waals surface area (Å²) in [5, 5.41) is 20.4. The Labute approximate surface area is 125 Å². The molecule has 116 valence electrons. The Hall–Kier alpha value is -0.980. The van der Waals surface area contributed by atoms with Crippen molar-refractivity contribution in [1.29, 1.82) is 0 Å². The molecule has 2 aliphatic heterocycles. The monoisotopic (exact) mass is 293 g/mol. The van der Waals surface area contributed by atoms with Crippen molar-refractivity contribution in [2.75, 3.05) is 19.7 Å². The summed E-state index contributed by atoms with van der Waals surface area (Å²) in [6, 6.07) is 10.1. The number of aliphatic hydroxyl groups excluding tert-OH is 1. The first-order valence-electron chi connectivity index (χ1n) is 7.37. The van der Waals surface area contributed by atoms with Gasteiger partial charge in [-0.2, -0.15) is 0 Å². The van der Waals surface area contributed by atoms with Gasteiger partial charge in [-0.15, -0.1) is 0 Å². The van der Waals surface area contributed by atoms with Crippen molar-refractivity contribution in [3.8, 4) is 0 Å². The summed E-state index contributed by atoms with van der Waals surface area (Å²) in [4.78, 5) is 2.11. The zero-order chi connectivity index (χ0) is 15.1. The van der Waals surface area contributed by atoms with Gasteiger partial charge < -0.3 is 19.7 Å². The van der Waals surface area contributed by atoms with Crippen LogP contribution in [-0.4, -0.2) is 58.4 Å². The second-order valence-electron chi connectivity index (χ2n) is 6.51. The standard InChI is InChI=1S/C16H23NO4/c1-15(2)20-13-9-17(8-12-6-4-3-5-7-12)10-16(19,11-18)14(13)21-15/h3-7,13-14,18-19H,8-11H2,1-2H3/t13-,14+,16-/m0/s1. The summed E-state index contributed by atoms with van der Waals surface area (Å²) in [6.45, 7) is 5.12. The van der Waals surface area contributed by atoms with E-state index in [0.717, 1.165) is 6.54 Å². The second kappa shape index (κ2) is 5.34. The van der Waals surface area contributed by atoms with Gasteiger partial charge in [-0.3, -0.25) is 4.90 Å². The first-order chi connectivity index (χ1) is 9.92. The normalized spacial score (nSPS) is 35.6. The van der Waals surface area contributed by atoms with E-state index in [2.05, 4.69) is 17.0 Å². The van der Waals surface area contributed by atoms with Crippen LogP contribution in [0.15, 0.2) is 30.3 Å². The minimum Gasteiger partial charge on any atom is -0.393 e. The second-order valence-corrected chi connectivity index (χ2v) is 6.51. The molecule has 2 fully saturated rings. The lowest BCUT2D eigenvalue weighted by Crippen LogP contribution is -2.63. The molecule has 2 heterocycles. The Kier molecular flexibility index (Phi) is 3.80. The van der Waals surface area contributed by atoms with Crippen molar-refractivity contribution in [2.45, 2.75) is 44.0 Å². The number of aliphatic hydroxyl groups is 2. The molecule has 2 saturated heterocycles. The molecule has 0 amide bonds. The number of benzene rings is 1. The van der Waals surface area contributed by atoms with Gasteiger partial charge in [0, 0.05) is 19.6 Å². The summed E-state index contributed by atoms with van der Waals surface area (Å²) in [7, 11) is 0. The minimum absolute atomic E-state index is 0.227. The van der Waals surface area contributed by atoms with E-state index in [1.807, 2.05) is 32.0 Å². The Bertz CT molecular complexity index is 492. The molecule has 3 rings (SSSR count). The van der Waals surface area contributed by atoms with Crippen LogP contribution >= 0.6 is 0 Å². The number of nitrogens with zero attached hydrogens (tertiary/aromatic N) is 1. The van der Waals surface area contributed by atoms with Crippen molar-refractivity contribution in [2.24, 2.45) is 0 Å². The van der Waals surface area contributed by atoms with Crippen molar-refractivity contribution in [3.05, 3.63) is 35.9 Å². The molecule has 5 heteroatoms. The van der Waals surface area contributed by atoms with E-state index in [9.17, 15) is 10.2 Å². The molecule has 2 aliphatic rings. The molecule has 1 aromatic carbocycles. The predicted molar refractivity (Wildman–Crippen MR) is 77.6 cm³/mol. The highest BCUT2D eigenvalue weighted by atomic mass is 16.8. The fourth-order valence-electron chi connectivity index (χ4n) is 3.32. The molecule has 2 N–H and O–H groups in total. The molecular formula is C16H23NO4. The highest BCUT2D eigenvalue weighted by Crippen LogP contribution is 2.38. The van der Waals surface area contributed by atoms with Crippen molar-refractivity contribution >= 4 is 0 Å². The van der Waals surface area contributed by atoms with Gasteiger partial charge in [0.1, 0.15) is 17.8 Å². The van der Waals surface area contributed by atoms with Gasteiger partial charge >= 0.3 is 0 Å². The number of ether oxygens (including phenoxy) is 2. The van der Waals surface area contributed by atoms with E-state index in [1.54, 1.807) is 0 Å². The van der Waals surface area contributed by atoms with Crippen LogP contribution in [0.25, 0.3) is 0 Å². The highest BCUT2D eigenvalue weighted by Gasteiger charge is 2.55. The lowest BCUT2D eigenvalue weighted by molar-refractivity contribution is -0.182. The molecule has 0 aromatic heterocycles. The van der Waals surface area contributed by atoms with Crippen LogP contribution in [0, 0.1) is 0 Å². The maximum atomic E-state index is 10.7. The van der Waals surface area contributed by atoms with Gasteiger partial charge in [0.05, 0.1) is 6.61 Å². The largest absolute Gasteiger partial charge is 0.393 e. The van der Waals surface area contributed by atoms with Gasteiger partial charge in [0.15, 0.2) is 5.79 Å². The maximum Gasteiger partial charge on any atom is 0.163 e. The zero-order valence-corrected chi connectivity index (χ0v) is 12.5. The fraction of sp³-hybridized carbons (Fsp3) is 0.625. The number of rotatable bonds is 3. The van der Waals surface area contributed by atoms with Crippen LogP contribution < -0.4 is 0 Å². The summed E-state index contributed by atoms with van der Waals surface area (Å²) < 4.78 is 11.7. The van der Waals surface area contributed by atoms with Crippen molar-refractivity contribution in [3.63, 3.8) is 0 Å². The number of fused-ring (bicyclic) bond motifs is 1. The molecule has 0 radical (unpaired) electrons. The van der Waals surface area contributed by atoms with Crippen LogP contribution in [-0.2, 0) is 16.0 Å². The van der Waals surface area contributed by atoms with Crippen LogP contribution in [0.3, 0.4) is 0 Å². The Balaban J connectivity index is 1.77. The van der Waals surface area contributed by atoms with E-state index in [1.165, 1.54) is 5.56 Å². The van der Waals surface area contributed by atoms with E-state index in [-0.39, 0.29) is 12.7 Å². The molecule has 0 unspecified atom stereocenters. The van der Waals surface area contributed by atoms with Crippen LogP contribution in [0.4, 0.5) is 0 Å². The average molecular weight is 293 g/mol. The molecule has 1 aromatic rings. The molecular weight excluding hydrogens is 270 g/mol. The minimum atomic E-state index is -1.29. The van der Waals surface area contributed by atoms with Gasteiger partial charge in [-0.05, 0) is 19.4 Å². The van der Waals surface area contributed by atoms with Gasteiger partial charge in [0.2, 0.25) is 0 Å². The number of β-amino-alcohol motifs (C(OH)–C–C–N with tert-alkyl or cyclic N) is 1. The zero-order valence-electron chi connectivity index (χ0n) is 12.5. The number of hydrogen-bond acceptors (Lipinski definition) is 5. The molecule has 0 bridgehead atoms. The number of hydrogen-bond donors (Lipinski definition) is 2. The summed E-state index contributed by atoms with van der Waals surface area (Å²) in [5.74, 6) is -0.721. The third kappa shape index (κ3) is 2.98. The van der Waals surface area contributed by atoms with Crippen LogP contribution in [0.5, 0.6) is 0 Å². The first kappa shape index (κ1) is 14.9. The third-order valence-electron chi connectivity index (χ3n) is 4.17. The molecule has 0 aliphatic carbocycles. The molecule has 21 heavy (non-hydrogen) atoms. The van der Waals surface area contributed by atoms with Gasteiger partial charge in [0.25, 0.3) is 0 Å². The van der Waals surface area contributed by atoms with Gasteiger partial charge in [-0.1, -0.05) is 30.3 Å². The maximum absolute atomic E-state index is 10.7. The van der Waals surface area contributed by atoms with Crippen molar-refractivity contribution in [1.82, 2.24) is 4.90 Å². The highest BCUT2D eigenvalue weighted by molar-refractivity contribution is 5.15. The summed E-state index contributed by atoms with van der Waals surface area (Å²) in [5.41, 5.74) is -0.111. The Morgan fingerprint density at radius 1 is 1.24 bits per heavy atom. The van der Waals surface area contributed by atoms with E-state index in [4.69, 9.17) is 9.47 Å². The number of piperidine rings is 1. The fourth-order valence-corrected chi connectivity index (χ4v) is 3.32. The lowest BCUT2D eigenvalue weighted by atomic mass is 9.88. The quantitative estimate of drug-likeness (QED) is 0.861. The lowest BCUT2D eigenvalue weighted by Gasteiger charge is -2.43. The summed E-state index contributed by atoms with van der Waals surface area (Å²) >= 11 is 0. The smallest absolute Gasteiger partial charge is 0.163 e. The van der Waals surface area contributed by atoms with Crippen LogP contribution in [0.1, 0.15) is 19.4 Å². The van der Waals surface area contributed by atoms with E-state index >= 15 is 0 Å². The molecule has 0 spiro atoms. The van der Waals surface area contributed by atoms with Crippen molar-refractivity contribution < 1.29 is 19.7 Å². The topological polar surface area (TPSA) is 62.2 Å².